The fourth-order valence-electron chi connectivity index (χ4n) is 3.04. The number of morpholine rings is 1. The standard InChI is InChI=1S/C14H26N2O3/c1-10-6-15(5-4-13(10)17)9-14(18)16-7-11(2)19-12(3)8-16/h10-13,17H,4-9H2,1-3H3. The second-order valence-corrected chi connectivity index (χ2v) is 6.12. The van der Waals surface area contributed by atoms with Gasteiger partial charge in [0, 0.05) is 26.2 Å². The molecule has 0 spiro atoms. The minimum atomic E-state index is -0.213. The van der Waals surface area contributed by atoms with Gasteiger partial charge in [-0.25, -0.2) is 0 Å². The number of nitrogens with zero attached hydrogens (tertiary/aromatic N) is 2. The Bertz CT molecular complexity index is 314. The van der Waals surface area contributed by atoms with Gasteiger partial charge in [0.25, 0.3) is 0 Å². The Labute approximate surface area is 115 Å². The van der Waals surface area contributed by atoms with E-state index >= 15 is 0 Å². The molecule has 1 amide bonds. The summed E-state index contributed by atoms with van der Waals surface area (Å²) in [6.45, 7) is 9.53. The lowest BCUT2D eigenvalue weighted by atomic mass is 9.97. The number of aliphatic hydroxyl groups is 1. The zero-order valence-electron chi connectivity index (χ0n) is 12.2. The molecule has 2 saturated heterocycles. The maximum Gasteiger partial charge on any atom is 0.236 e. The Morgan fingerprint density at radius 2 is 1.84 bits per heavy atom. The first-order chi connectivity index (χ1) is 8.95. The molecule has 19 heavy (non-hydrogen) atoms. The van der Waals surface area contributed by atoms with E-state index in [2.05, 4.69) is 4.90 Å². The van der Waals surface area contributed by atoms with Crippen LogP contribution in [-0.2, 0) is 9.53 Å². The van der Waals surface area contributed by atoms with Gasteiger partial charge in [0.05, 0.1) is 24.9 Å². The third kappa shape index (κ3) is 3.91. The summed E-state index contributed by atoms with van der Waals surface area (Å²) in [5.41, 5.74) is 0. The van der Waals surface area contributed by atoms with Gasteiger partial charge in [-0.2, -0.15) is 0 Å². The minimum Gasteiger partial charge on any atom is -0.393 e. The van der Waals surface area contributed by atoms with Crippen molar-refractivity contribution in [2.24, 2.45) is 5.92 Å². The van der Waals surface area contributed by atoms with Crippen molar-refractivity contribution in [3.8, 4) is 0 Å². The first-order valence-electron chi connectivity index (χ1n) is 7.29. The summed E-state index contributed by atoms with van der Waals surface area (Å²) < 4.78 is 5.65. The monoisotopic (exact) mass is 270 g/mol. The molecule has 0 aliphatic carbocycles. The van der Waals surface area contributed by atoms with Crippen LogP contribution in [0.25, 0.3) is 0 Å². The van der Waals surface area contributed by atoms with Gasteiger partial charge in [-0.3, -0.25) is 9.69 Å². The van der Waals surface area contributed by atoms with Crippen LogP contribution in [-0.4, -0.2) is 71.8 Å². The molecule has 0 aromatic heterocycles. The molecular weight excluding hydrogens is 244 g/mol. The predicted octanol–water partition coefficient (Wildman–Crippen LogP) is 0.325. The molecule has 0 bridgehead atoms. The SMILES string of the molecule is CC1CN(C(=O)CN2CCC(O)C(C)C2)CC(C)O1. The minimum absolute atomic E-state index is 0.120. The molecule has 0 radical (unpaired) electrons. The van der Waals surface area contributed by atoms with Crippen LogP contribution in [0.15, 0.2) is 0 Å². The number of carbonyl (C=O) groups is 1. The third-order valence-electron chi connectivity index (χ3n) is 4.08. The average molecular weight is 270 g/mol. The zero-order valence-corrected chi connectivity index (χ0v) is 12.2. The molecule has 2 rings (SSSR count). The smallest absolute Gasteiger partial charge is 0.236 e. The normalized spacial score (nSPS) is 37.4. The van der Waals surface area contributed by atoms with Gasteiger partial charge in [0.1, 0.15) is 0 Å². The van der Waals surface area contributed by atoms with E-state index in [-0.39, 0.29) is 30.1 Å². The summed E-state index contributed by atoms with van der Waals surface area (Å²) in [6.07, 6.45) is 0.795. The number of amides is 1. The summed E-state index contributed by atoms with van der Waals surface area (Å²) in [6, 6.07) is 0. The van der Waals surface area contributed by atoms with Crippen LogP contribution in [0.5, 0.6) is 0 Å². The Kier molecular flexibility index (Phi) is 4.81. The number of hydrogen-bond donors (Lipinski definition) is 1. The summed E-state index contributed by atoms with van der Waals surface area (Å²) in [7, 11) is 0. The number of hydrogen-bond acceptors (Lipinski definition) is 4. The second-order valence-electron chi connectivity index (χ2n) is 6.12. The van der Waals surface area contributed by atoms with E-state index in [9.17, 15) is 9.90 Å². The molecule has 1 N–H and O–H groups in total. The molecule has 5 heteroatoms. The highest BCUT2D eigenvalue weighted by Gasteiger charge is 2.29. The lowest BCUT2D eigenvalue weighted by molar-refractivity contribution is -0.145. The Morgan fingerprint density at radius 1 is 1.21 bits per heavy atom. The van der Waals surface area contributed by atoms with Crippen LogP contribution in [0.1, 0.15) is 27.2 Å². The summed E-state index contributed by atoms with van der Waals surface area (Å²) in [4.78, 5) is 16.4. The topological polar surface area (TPSA) is 53.0 Å². The van der Waals surface area contributed by atoms with Gasteiger partial charge in [0.15, 0.2) is 0 Å². The van der Waals surface area contributed by atoms with E-state index in [1.165, 1.54) is 0 Å². The quantitative estimate of drug-likeness (QED) is 0.785. The van der Waals surface area contributed by atoms with Crippen molar-refractivity contribution < 1.29 is 14.6 Å². The van der Waals surface area contributed by atoms with Gasteiger partial charge in [0.2, 0.25) is 5.91 Å². The van der Waals surface area contributed by atoms with Crippen molar-refractivity contribution in [2.45, 2.75) is 45.5 Å². The lowest BCUT2D eigenvalue weighted by Gasteiger charge is -2.38. The van der Waals surface area contributed by atoms with Crippen molar-refractivity contribution >= 4 is 5.91 Å². The second kappa shape index (κ2) is 6.20. The molecule has 4 atom stereocenters. The van der Waals surface area contributed by atoms with Crippen molar-refractivity contribution in [2.75, 3.05) is 32.7 Å². The summed E-state index contributed by atoms with van der Waals surface area (Å²) >= 11 is 0. The average Bonchev–Trinajstić information content (AvgIpc) is 2.32. The predicted molar refractivity (Wildman–Crippen MR) is 72.8 cm³/mol. The van der Waals surface area contributed by atoms with Crippen molar-refractivity contribution in [3.05, 3.63) is 0 Å². The maximum atomic E-state index is 12.3. The molecule has 2 aliphatic heterocycles. The van der Waals surface area contributed by atoms with E-state index in [1.54, 1.807) is 0 Å². The largest absolute Gasteiger partial charge is 0.393 e. The maximum absolute atomic E-state index is 12.3. The summed E-state index contributed by atoms with van der Waals surface area (Å²) in [5, 5.41) is 9.71. The fraction of sp³-hybridized carbons (Fsp3) is 0.929. The first kappa shape index (κ1) is 14.8. The molecule has 0 aromatic rings. The van der Waals surface area contributed by atoms with Crippen LogP contribution >= 0.6 is 0 Å². The van der Waals surface area contributed by atoms with E-state index in [0.717, 1.165) is 19.5 Å². The van der Waals surface area contributed by atoms with Crippen LogP contribution in [0, 0.1) is 5.92 Å². The third-order valence-corrected chi connectivity index (χ3v) is 4.08. The molecule has 0 aromatic carbocycles. The molecule has 2 aliphatic rings. The number of carbonyl (C=O) groups excluding carboxylic acids is 1. The van der Waals surface area contributed by atoms with Gasteiger partial charge < -0.3 is 14.7 Å². The number of piperidine rings is 1. The van der Waals surface area contributed by atoms with Gasteiger partial charge in [-0.1, -0.05) is 6.92 Å². The Balaban J connectivity index is 1.83. The molecule has 4 unspecified atom stereocenters. The highest BCUT2D eigenvalue weighted by atomic mass is 16.5. The Hall–Kier alpha value is -0.650. The Morgan fingerprint density at radius 3 is 2.42 bits per heavy atom. The van der Waals surface area contributed by atoms with Crippen LogP contribution in [0.3, 0.4) is 0 Å². The van der Waals surface area contributed by atoms with Crippen LogP contribution < -0.4 is 0 Å². The van der Waals surface area contributed by atoms with E-state index in [1.807, 2.05) is 25.7 Å². The number of ether oxygens (including phenoxy) is 1. The van der Waals surface area contributed by atoms with Gasteiger partial charge in [-0.15, -0.1) is 0 Å². The highest BCUT2D eigenvalue weighted by molar-refractivity contribution is 5.78. The zero-order chi connectivity index (χ0) is 14.0. The summed E-state index contributed by atoms with van der Waals surface area (Å²) in [5.74, 6) is 0.440. The number of likely N-dealkylation sites (tertiary alicyclic amines) is 1. The fourth-order valence-corrected chi connectivity index (χ4v) is 3.04. The highest BCUT2D eigenvalue weighted by Crippen LogP contribution is 2.17. The molecular formula is C14H26N2O3. The molecule has 0 saturated carbocycles. The lowest BCUT2D eigenvalue weighted by Crippen LogP contribution is -2.52. The number of rotatable bonds is 2. The van der Waals surface area contributed by atoms with Crippen molar-refractivity contribution in [1.29, 1.82) is 0 Å². The number of aliphatic hydroxyl groups excluding tert-OH is 1. The van der Waals surface area contributed by atoms with Crippen molar-refractivity contribution in [1.82, 2.24) is 9.80 Å². The molecule has 5 nitrogen and oxygen atoms in total. The van der Waals surface area contributed by atoms with Gasteiger partial charge >= 0.3 is 0 Å². The van der Waals surface area contributed by atoms with Crippen LogP contribution in [0.4, 0.5) is 0 Å². The first-order valence-corrected chi connectivity index (χ1v) is 7.29. The van der Waals surface area contributed by atoms with Crippen molar-refractivity contribution in [3.63, 3.8) is 0 Å². The molecule has 110 valence electrons. The van der Waals surface area contributed by atoms with Crippen LogP contribution in [0.2, 0.25) is 0 Å². The van der Waals surface area contributed by atoms with Gasteiger partial charge in [-0.05, 0) is 26.2 Å². The molecule has 2 heterocycles. The van der Waals surface area contributed by atoms with E-state index < -0.39 is 0 Å². The van der Waals surface area contributed by atoms with E-state index in [0.29, 0.717) is 19.6 Å². The molecule has 2 fully saturated rings. The van der Waals surface area contributed by atoms with E-state index in [4.69, 9.17) is 4.74 Å².